The first-order chi connectivity index (χ1) is 11.4. The van der Waals surface area contributed by atoms with Crippen LogP contribution in [-0.4, -0.2) is 23.5 Å². The number of nitro benzene ring substituents is 1. The summed E-state index contributed by atoms with van der Waals surface area (Å²) in [6, 6.07) is 4.45. The van der Waals surface area contributed by atoms with Crippen LogP contribution in [0.4, 0.5) is 10.5 Å². The summed E-state index contributed by atoms with van der Waals surface area (Å²) in [5.74, 6) is -0.568. The topological polar surface area (TPSA) is 111 Å². The van der Waals surface area contributed by atoms with Crippen LogP contribution in [0.2, 0.25) is 0 Å². The molecule has 0 saturated heterocycles. The van der Waals surface area contributed by atoms with Gasteiger partial charge < -0.3 is 15.4 Å². The molecule has 126 valence electrons. The maximum atomic E-state index is 12.3. The van der Waals surface area contributed by atoms with Crippen molar-refractivity contribution >= 4 is 17.7 Å². The molecule has 24 heavy (non-hydrogen) atoms. The molecule has 1 aromatic carbocycles. The van der Waals surface area contributed by atoms with Crippen LogP contribution in [0.3, 0.4) is 0 Å². The summed E-state index contributed by atoms with van der Waals surface area (Å²) in [6.07, 6.45) is 3.44. The summed E-state index contributed by atoms with van der Waals surface area (Å²) in [4.78, 5) is 34.3. The maximum Gasteiger partial charge on any atom is 0.338 e. The van der Waals surface area contributed by atoms with Crippen LogP contribution < -0.4 is 10.6 Å². The Kier molecular flexibility index (Phi) is 5.31. The van der Waals surface area contributed by atoms with Gasteiger partial charge in [-0.05, 0) is 31.5 Å². The highest BCUT2D eigenvalue weighted by atomic mass is 16.6. The predicted molar refractivity (Wildman–Crippen MR) is 86.0 cm³/mol. The number of hydrogen-bond donors (Lipinski definition) is 2. The van der Waals surface area contributed by atoms with Crippen molar-refractivity contribution in [2.45, 2.75) is 19.9 Å². The van der Waals surface area contributed by atoms with Gasteiger partial charge in [-0.3, -0.25) is 10.1 Å². The summed E-state index contributed by atoms with van der Waals surface area (Å²) in [7, 11) is 0. The third-order valence-electron chi connectivity index (χ3n) is 3.47. The van der Waals surface area contributed by atoms with E-state index in [9.17, 15) is 19.7 Å². The molecule has 8 heteroatoms. The Balaban J connectivity index is 2.33. The molecule has 2 amide bonds. The second-order valence-corrected chi connectivity index (χ2v) is 5.09. The number of esters is 1. The number of nitrogens with zero attached hydrogens (tertiary/aromatic N) is 1. The third kappa shape index (κ3) is 3.78. The van der Waals surface area contributed by atoms with E-state index in [1.807, 2.05) is 0 Å². The van der Waals surface area contributed by atoms with Crippen LogP contribution in [0.25, 0.3) is 0 Å². The van der Waals surface area contributed by atoms with E-state index in [1.54, 1.807) is 26.0 Å². The Morgan fingerprint density at radius 1 is 1.38 bits per heavy atom. The number of benzene rings is 1. The summed E-state index contributed by atoms with van der Waals surface area (Å²) in [6.45, 7) is 3.52. The van der Waals surface area contributed by atoms with E-state index >= 15 is 0 Å². The zero-order valence-electron chi connectivity index (χ0n) is 13.2. The molecular weight excluding hydrogens is 314 g/mol. The minimum Gasteiger partial charge on any atom is -0.458 e. The largest absolute Gasteiger partial charge is 0.458 e. The highest BCUT2D eigenvalue weighted by Crippen LogP contribution is 2.28. The zero-order valence-corrected chi connectivity index (χ0v) is 13.2. The van der Waals surface area contributed by atoms with Crippen LogP contribution in [-0.2, 0) is 9.53 Å². The summed E-state index contributed by atoms with van der Waals surface area (Å²) >= 11 is 0. The molecule has 1 aliphatic rings. The van der Waals surface area contributed by atoms with E-state index in [2.05, 4.69) is 10.6 Å². The SMILES string of the molecule is C/C=C\COC(=O)C1=C(C)NC(=O)N[C@@H]1c1ccc([N+](=O)[O-])cc1. The minimum atomic E-state index is -0.738. The molecule has 1 aliphatic heterocycles. The highest BCUT2D eigenvalue weighted by molar-refractivity contribution is 5.95. The molecule has 0 aliphatic carbocycles. The van der Waals surface area contributed by atoms with Gasteiger partial charge in [0.2, 0.25) is 0 Å². The van der Waals surface area contributed by atoms with Crippen molar-refractivity contribution in [2.75, 3.05) is 6.61 Å². The number of rotatable bonds is 5. The van der Waals surface area contributed by atoms with Gasteiger partial charge >= 0.3 is 12.0 Å². The van der Waals surface area contributed by atoms with Gasteiger partial charge in [-0.25, -0.2) is 9.59 Å². The molecule has 1 atom stereocenters. The van der Waals surface area contributed by atoms with Gasteiger partial charge in [0, 0.05) is 17.8 Å². The first kappa shape index (κ1) is 17.2. The van der Waals surface area contributed by atoms with Crippen molar-refractivity contribution in [3.05, 3.63) is 63.4 Å². The van der Waals surface area contributed by atoms with Crippen LogP contribution in [0, 0.1) is 10.1 Å². The van der Waals surface area contributed by atoms with Gasteiger partial charge in [0.25, 0.3) is 5.69 Å². The summed E-state index contributed by atoms with van der Waals surface area (Å²) < 4.78 is 5.16. The number of hydrogen-bond acceptors (Lipinski definition) is 5. The van der Waals surface area contributed by atoms with Crippen LogP contribution in [0.5, 0.6) is 0 Å². The number of nitrogens with one attached hydrogen (secondary N) is 2. The second-order valence-electron chi connectivity index (χ2n) is 5.09. The number of ether oxygens (including phenoxy) is 1. The van der Waals surface area contributed by atoms with Gasteiger partial charge in [-0.1, -0.05) is 12.2 Å². The van der Waals surface area contributed by atoms with Crippen molar-refractivity contribution in [3.63, 3.8) is 0 Å². The zero-order chi connectivity index (χ0) is 17.7. The molecule has 1 aromatic rings. The standard InChI is InChI=1S/C16H17N3O5/c1-3-4-9-24-15(20)13-10(2)17-16(21)18-14(13)11-5-7-12(8-6-11)19(22)23/h3-8,14H,9H2,1-2H3,(H2,17,18,21)/b4-3-/t14-/m1/s1. The van der Waals surface area contributed by atoms with Crippen molar-refractivity contribution in [3.8, 4) is 0 Å². The summed E-state index contributed by atoms with van der Waals surface area (Å²) in [5, 5.41) is 15.9. The van der Waals surface area contributed by atoms with E-state index in [1.165, 1.54) is 24.3 Å². The fourth-order valence-corrected chi connectivity index (χ4v) is 2.30. The molecule has 0 bridgehead atoms. The molecule has 0 aromatic heterocycles. The van der Waals surface area contributed by atoms with Crippen molar-refractivity contribution in [1.29, 1.82) is 0 Å². The minimum absolute atomic E-state index is 0.0723. The Labute approximate surface area is 138 Å². The van der Waals surface area contributed by atoms with Gasteiger partial charge in [0.1, 0.15) is 6.61 Å². The van der Waals surface area contributed by atoms with E-state index in [0.29, 0.717) is 11.3 Å². The fourth-order valence-electron chi connectivity index (χ4n) is 2.30. The lowest BCUT2D eigenvalue weighted by atomic mass is 9.95. The molecule has 2 N–H and O–H groups in total. The first-order valence-corrected chi connectivity index (χ1v) is 7.25. The number of urea groups is 1. The molecule has 1 heterocycles. The second kappa shape index (κ2) is 7.40. The number of carbonyl (C=O) groups excluding carboxylic acids is 2. The Morgan fingerprint density at radius 3 is 2.62 bits per heavy atom. The van der Waals surface area contributed by atoms with E-state index < -0.39 is 23.0 Å². The maximum absolute atomic E-state index is 12.3. The van der Waals surface area contributed by atoms with Crippen LogP contribution in [0.15, 0.2) is 47.7 Å². The normalized spacial score (nSPS) is 17.4. The number of nitro groups is 1. The highest BCUT2D eigenvalue weighted by Gasteiger charge is 2.32. The van der Waals surface area contributed by atoms with Crippen molar-refractivity contribution in [1.82, 2.24) is 10.6 Å². The quantitative estimate of drug-likeness (QED) is 0.372. The molecule has 0 radical (unpaired) electrons. The fraction of sp³-hybridized carbons (Fsp3) is 0.250. The predicted octanol–water partition coefficient (Wildman–Crippen LogP) is 2.34. The number of amides is 2. The van der Waals surface area contributed by atoms with Crippen LogP contribution >= 0.6 is 0 Å². The lowest BCUT2D eigenvalue weighted by molar-refractivity contribution is -0.384. The van der Waals surface area contributed by atoms with Gasteiger partial charge in [0.15, 0.2) is 0 Å². The van der Waals surface area contributed by atoms with E-state index in [0.717, 1.165) is 0 Å². The Hall–Kier alpha value is -3.16. The molecule has 0 saturated carbocycles. The first-order valence-electron chi connectivity index (χ1n) is 7.25. The smallest absolute Gasteiger partial charge is 0.338 e. The molecular formula is C16H17N3O5. The lowest BCUT2D eigenvalue weighted by Crippen LogP contribution is -2.45. The molecule has 2 rings (SSSR count). The number of non-ortho nitro benzene ring substituents is 1. The Bertz CT molecular complexity index is 722. The summed E-state index contributed by atoms with van der Waals surface area (Å²) in [5.41, 5.74) is 1.12. The monoisotopic (exact) mass is 331 g/mol. The molecule has 8 nitrogen and oxygen atoms in total. The molecule has 0 unspecified atom stereocenters. The molecule has 0 spiro atoms. The average molecular weight is 331 g/mol. The van der Waals surface area contributed by atoms with Gasteiger partial charge in [-0.15, -0.1) is 0 Å². The lowest BCUT2D eigenvalue weighted by Gasteiger charge is -2.28. The van der Waals surface area contributed by atoms with Gasteiger partial charge in [0.05, 0.1) is 16.5 Å². The van der Waals surface area contributed by atoms with E-state index in [-0.39, 0.29) is 17.9 Å². The van der Waals surface area contributed by atoms with Crippen LogP contribution in [0.1, 0.15) is 25.5 Å². The van der Waals surface area contributed by atoms with Gasteiger partial charge in [-0.2, -0.15) is 0 Å². The number of carbonyl (C=O) groups is 2. The van der Waals surface area contributed by atoms with E-state index in [4.69, 9.17) is 4.74 Å². The molecule has 0 fully saturated rings. The average Bonchev–Trinajstić information content (AvgIpc) is 2.54. The van der Waals surface area contributed by atoms with Crippen molar-refractivity contribution < 1.29 is 19.2 Å². The van der Waals surface area contributed by atoms with Crippen molar-refractivity contribution in [2.24, 2.45) is 0 Å². The third-order valence-corrected chi connectivity index (χ3v) is 3.47. The number of allylic oxidation sites excluding steroid dienone is 2. The Morgan fingerprint density at radius 2 is 2.04 bits per heavy atom.